The van der Waals surface area contributed by atoms with Crippen LogP contribution in [0.4, 0.5) is 0 Å². The van der Waals surface area contributed by atoms with Crippen molar-refractivity contribution in [3.05, 3.63) is 53.3 Å². The molecule has 28 heavy (non-hydrogen) atoms. The van der Waals surface area contributed by atoms with Crippen molar-refractivity contribution >= 4 is 21.8 Å². The minimum Gasteiger partial charge on any atom is -0.438 e. The van der Waals surface area contributed by atoms with Crippen LogP contribution < -0.4 is 10.0 Å². The minimum atomic E-state index is -3.85. The van der Waals surface area contributed by atoms with E-state index >= 15 is 0 Å². The predicted molar refractivity (Wildman–Crippen MR) is 104 cm³/mol. The maximum atomic E-state index is 12.2. The third-order valence-corrected chi connectivity index (χ3v) is 5.20. The summed E-state index contributed by atoms with van der Waals surface area (Å²) >= 11 is 0. The molecule has 0 spiro atoms. The van der Waals surface area contributed by atoms with E-state index in [0.29, 0.717) is 5.56 Å². The van der Waals surface area contributed by atoms with Gasteiger partial charge in [0.05, 0.1) is 0 Å². The van der Waals surface area contributed by atoms with Crippen LogP contribution in [0.2, 0.25) is 0 Å². The summed E-state index contributed by atoms with van der Waals surface area (Å²) in [5.74, 6) is -0.747. The molecule has 2 amide bonds. The molecule has 1 heterocycles. The molecule has 0 aliphatic rings. The summed E-state index contributed by atoms with van der Waals surface area (Å²) in [5.41, 5.74) is 0.665. The summed E-state index contributed by atoms with van der Waals surface area (Å²) in [4.78, 5) is 25.6. The number of nitrogens with one attached hydrogen (secondary N) is 2. The van der Waals surface area contributed by atoms with E-state index in [2.05, 4.69) is 10.0 Å². The van der Waals surface area contributed by atoms with Crippen LogP contribution in [-0.4, -0.2) is 44.8 Å². The van der Waals surface area contributed by atoms with Crippen molar-refractivity contribution < 1.29 is 22.4 Å². The van der Waals surface area contributed by atoms with Gasteiger partial charge in [0.25, 0.3) is 21.8 Å². The van der Waals surface area contributed by atoms with Crippen molar-refractivity contribution in [2.24, 2.45) is 0 Å². The highest BCUT2D eigenvalue weighted by Gasteiger charge is 2.26. The molecule has 0 aliphatic heterocycles. The van der Waals surface area contributed by atoms with Gasteiger partial charge in [0.1, 0.15) is 0 Å². The Morgan fingerprint density at radius 2 is 1.64 bits per heavy atom. The van der Waals surface area contributed by atoms with Crippen LogP contribution in [0.1, 0.15) is 47.2 Å². The Bertz CT molecular complexity index is 954. The third kappa shape index (κ3) is 5.67. The zero-order chi connectivity index (χ0) is 21.1. The highest BCUT2D eigenvalue weighted by molar-refractivity contribution is 7.89. The fraction of sp³-hybridized carbons (Fsp3) is 0.368. The van der Waals surface area contributed by atoms with Crippen molar-refractivity contribution in [3.8, 4) is 0 Å². The van der Waals surface area contributed by atoms with Crippen LogP contribution >= 0.6 is 0 Å². The monoisotopic (exact) mass is 407 g/mol. The minimum absolute atomic E-state index is 0.103. The van der Waals surface area contributed by atoms with Gasteiger partial charge in [-0.1, -0.05) is 12.1 Å². The van der Waals surface area contributed by atoms with Gasteiger partial charge in [-0.25, -0.2) is 13.1 Å². The second-order valence-corrected chi connectivity index (χ2v) is 9.17. The highest BCUT2D eigenvalue weighted by atomic mass is 32.2. The van der Waals surface area contributed by atoms with Crippen LogP contribution in [0.3, 0.4) is 0 Å². The molecular formula is C19H25N3O5S. The number of sulfonamides is 1. The molecule has 2 N–H and O–H groups in total. The van der Waals surface area contributed by atoms with E-state index in [0.717, 1.165) is 5.56 Å². The third-order valence-electron chi connectivity index (χ3n) is 3.57. The summed E-state index contributed by atoms with van der Waals surface area (Å²) in [6.45, 7) is 5.33. The maximum absolute atomic E-state index is 12.2. The highest BCUT2D eigenvalue weighted by Crippen LogP contribution is 2.16. The lowest BCUT2D eigenvalue weighted by molar-refractivity contribution is 0.0827. The van der Waals surface area contributed by atoms with Gasteiger partial charge in [0, 0.05) is 31.7 Å². The Balaban J connectivity index is 2.01. The zero-order valence-corrected chi connectivity index (χ0v) is 17.4. The quantitative estimate of drug-likeness (QED) is 0.761. The normalized spacial score (nSPS) is 11.9. The SMILES string of the molecule is CN(C)C(=O)c1ccc(CNC(=O)c2ccc(S(=O)(=O)NC(C)(C)C)o2)cc1. The van der Waals surface area contributed by atoms with Gasteiger partial charge in [-0.3, -0.25) is 9.59 Å². The number of hydrogen-bond donors (Lipinski definition) is 2. The molecule has 2 aromatic rings. The number of nitrogens with zero attached hydrogens (tertiary/aromatic N) is 1. The molecular weight excluding hydrogens is 382 g/mol. The smallest absolute Gasteiger partial charge is 0.287 e. The standard InChI is InChI=1S/C19H25N3O5S/c1-19(2,3)21-28(25,26)16-11-10-15(27-16)17(23)20-12-13-6-8-14(9-7-13)18(24)22(4)5/h6-11,21H,12H2,1-5H3,(H,20,23). The average molecular weight is 407 g/mol. The summed E-state index contributed by atoms with van der Waals surface area (Å²) in [6.07, 6.45) is 0. The summed E-state index contributed by atoms with van der Waals surface area (Å²) in [6, 6.07) is 9.39. The van der Waals surface area contributed by atoms with E-state index in [4.69, 9.17) is 4.42 Å². The first kappa shape index (κ1) is 21.6. The van der Waals surface area contributed by atoms with Crippen molar-refractivity contribution in [1.82, 2.24) is 14.9 Å². The van der Waals surface area contributed by atoms with Crippen molar-refractivity contribution in [3.63, 3.8) is 0 Å². The van der Waals surface area contributed by atoms with E-state index in [1.165, 1.54) is 17.0 Å². The number of amides is 2. The summed E-state index contributed by atoms with van der Waals surface area (Å²) in [5, 5.41) is 2.34. The van der Waals surface area contributed by atoms with Gasteiger partial charge in [-0.15, -0.1) is 0 Å². The van der Waals surface area contributed by atoms with Gasteiger partial charge in [-0.05, 0) is 50.6 Å². The molecule has 0 fully saturated rings. The number of carbonyl (C=O) groups excluding carboxylic acids is 2. The largest absolute Gasteiger partial charge is 0.438 e. The molecule has 0 bridgehead atoms. The Morgan fingerprint density at radius 3 is 2.18 bits per heavy atom. The van der Waals surface area contributed by atoms with Crippen LogP contribution in [0.5, 0.6) is 0 Å². The molecule has 0 saturated carbocycles. The van der Waals surface area contributed by atoms with Crippen LogP contribution in [-0.2, 0) is 16.6 Å². The summed E-state index contributed by atoms with van der Waals surface area (Å²) < 4.78 is 32.1. The van der Waals surface area contributed by atoms with E-state index in [-0.39, 0.29) is 23.3 Å². The molecule has 2 rings (SSSR count). The van der Waals surface area contributed by atoms with E-state index in [9.17, 15) is 18.0 Å². The lowest BCUT2D eigenvalue weighted by Gasteiger charge is -2.18. The molecule has 0 radical (unpaired) electrons. The maximum Gasteiger partial charge on any atom is 0.287 e. The van der Waals surface area contributed by atoms with Gasteiger partial charge >= 0.3 is 0 Å². The Labute approximate surface area is 165 Å². The van der Waals surface area contributed by atoms with Crippen LogP contribution in [0, 0.1) is 0 Å². The van der Waals surface area contributed by atoms with Gasteiger partial charge < -0.3 is 14.6 Å². The van der Waals surface area contributed by atoms with E-state index in [1.807, 2.05) is 0 Å². The molecule has 0 saturated heterocycles. The van der Waals surface area contributed by atoms with Crippen LogP contribution in [0.15, 0.2) is 45.9 Å². The van der Waals surface area contributed by atoms with E-state index < -0.39 is 21.5 Å². The van der Waals surface area contributed by atoms with Crippen molar-refractivity contribution in [2.75, 3.05) is 14.1 Å². The number of carbonyl (C=O) groups is 2. The summed E-state index contributed by atoms with van der Waals surface area (Å²) in [7, 11) is -0.507. The average Bonchev–Trinajstić information content (AvgIpc) is 3.08. The lowest BCUT2D eigenvalue weighted by Crippen LogP contribution is -2.40. The van der Waals surface area contributed by atoms with Gasteiger partial charge in [0.15, 0.2) is 5.76 Å². The molecule has 1 aromatic heterocycles. The van der Waals surface area contributed by atoms with E-state index in [1.54, 1.807) is 59.1 Å². The molecule has 0 atom stereocenters. The number of furan rings is 1. The molecule has 8 nitrogen and oxygen atoms in total. The van der Waals surface area contributed by atoms with Gasteiger partial charge in [-0.2, -0.15) is 0 Å². The van der Waals surface area contributed by atoms with Crippen molar-refractivity contribution in [2.45, 2.75) is 37.9 Å². The molecule has 1 aromatic carbocycles. The Kier molecular flexibility index (Phi) is 6.30. The lowest BCUT2D eigenvalue weighted by atomic mass is 10.1. The second-order valence-electron chi connectivity index (χ2n) is 7.55. The van der Waals surface area contributed by atoms with Crippen molar-refractivity contribution in [1.29, 1.82) is 0 Å². The predicted octanol–water partition coefficient (Wildman–Crippen LogP) is 1.99. The zero-order valence-electron chi connectivity index (χ0n) is 16.6. The fourth-order valence-electron chi connectivity index (χ4n) is 2.33. The molecule has 9 heteroatoms. The number of hydrogen-bond acceptors (Lipinski definition) is 5. The van der Waals surface area contributed by atoms with Gasteiger partial charge in [0.2, 0.25) is 5.09 Å². The molecule has 0 unspecified atom stereocenters. The number of benzene rings is 1. The first-order valence-electron chi connectivity index (χ1n) is 8.62. The molecule has 152 valence electrons. The first-order valence-corrected chi connectivity index (χ1v) is 10.1. The molecule has 0 aliphatic carbocycles. The second kappa shape index (κ2) is 8.15. The Morgan fingerprint density at radius 1 is 1.04 bits per heavy atom. The fourth-order valence-corrected chi connectivity index (χ4v) is 3.69. The Hall–Kier alpha value is -2.65. The number of rotatable bonds is 6. The first-order chi connectivity index (χ1) is 12.9. The topological polar surface area (TPSA) is 109 Å². The van der Waals surface area contributed by atoms with Crippen LogP contribution in [0.25, 0.3) is 0 Å².